The number of nitriles is 1. The van der Waals surface area contributed by atoms with E-state index >= 15 is 0 Å². The largest absolute Gasteiger partial charge is 0.198 e. The van der Waals surface area contributed by atoms with Gasteiger partial charge in [-0.3, -0.25) is 0 Å². The summed E-state index contributed by atoms with van der Waals surface area (Å²) >= 11 is 0. The summed E-state index contributed by atoms with van der Waals surface area (Å²) in [5, 5.41) is 8.92. The molecule has 0 amide bonds. The van der Waals surface area contributed by atoms with E-state index in [0.717, 1.165) is 0 Å². The van der Waals surface area contributed by atoms with Gasteiger partial charge < -0.3 is 0 Å². The van der Waals surface area contributed by atoms with Crippen LogP contribution < -0.4 is 0 Å². The molecular weight excluding hydrogens is 182 g/mol. The summed E-state index contributed by atoms with van der Waals surface area (Å²) in [6.45, 7) is 9.12. The second-order valence-electron chi connectivity index (χ2n) is 5.65. The van der Waals surface area contributed by atoms with Crippen LogP contribution in [-0.4, -0.2) is 0 Å². The van der Waals surface area contributed by atoms with E-state index in [9.17, 15) is 0 Å². The number of hydrogen-bond acceptors (Lipinski definition) is 1. The topological polar surface area (TPSA) is 23.8 Å². The molecule has 0 spiro atoms. The van der Waals surface area contributed by atoms with Gasteiger partial charge in [0.25, 0.3) is 0 Å². The van der Waals surface area contributed by atoms with Gasteiger partial charge in [-0.15, -0.1) is 0 Å². The first-order valence-electron chi connectivity index (χ1n) is 5.98. The minimum atomic E-state index is 0.301. The van der Waals surface area contributed by atoms with Crippen molar-refractivity contribution in [3.63, 3.8) is 0 Å². The van der Waals surface area contributed by atoms with Crippen LogP contribution in [0.3, 0.4) is 0 Å². The molecule has 1 heteroatoms. The average Bonchev–Trinajstić information content (AvgIpc) is 2.42. The highest BCUT2D eigenvalue weighted by Crippen LogP contribution is 2.57. The minimum absolute atomic E-state index is 0.301. The third-order valence-electron chi connectivity index (χ3n) is 4.60. The molecule has 0 N–H and O–H groups in total. The lowest BCUT2D eigenvalue weighted by Crippen LogP contribution is -2.36. The Kier molecular flexibility index (Phi) is 3.60. The monoisotopic (exact) mass is 205 g/mol. The van der Waals surface area contributed by atoms with E-state index < -0.39 is 0 Å². The molecule has 2 unspecified atom stereocenters. The Morgan fingerprint density at radius 3 is 2.40 bits per heavy atom. The van der Waals surface area contributed by atoms with Crippen molar-refractivity contribution < 1.29 is 0 Å². The summed E-state index contributed by atoms with van der Waals surface area (Å²) in [4.78, 5) is 0. The molecule has 0 bridgehead atoms. The Morgan fingerprint density at radius 1 is 1.33 bits per heavy atom. The van der Waals surface area contributed by atoms with Crippen molar-refractivity contribution in [2.75, 3.05) is 0 Å². The van der Waals surface area contributed by atoms with Crippen molar-refractivity contribution in [1.29, 1.82) is 5.26 Å². The van der Waals surface area contributed by atoms with Crippen LogP contribution in [0.5, 0.6) is 0 Å². The smallest absolute Gasteiger partial charge is 0.0628 e. The van der Waals surface area contributed by atoms with E-state index in [0.29, 0.717) is 23.2 Å². The van der Waals surface area contributed by atoms with Crippen LogP contribution in [0.25, 0.3) is 0 Å². The van der Waals surface area contributed by atoms with E-state index in [2.05, 4.69) is 45.9 Å². The fraction of sp³-hybridized carbons (Fsp3) is 0.786. The van der Waals surface area contributed by atoms with E-state index in [1.54, 1.807) is 0 Å². The molecule has 1 aliphatic rings. The van der Waals surface area contributed by atoms with Gasteiger partial charge in [-0.2, -0.15) is 5.26 Å². The Balaban J connectivity index is 2.95. The summed E-state index contributed by atoms with van der Waals surface area (Å²) in [5.41, 5.74) is 0.670. The highest BCUT2D eigenvalue weighted by molar-refractivity contribution is 5.07. The minimum Gasteiger partial charge on any atom is -0.198 e. The van der Waals surface area contributed by atoms with Crippen LogP contribution in [0, 0.1) is 28.1 Å². The zero-order valence-corrected chi connectivity index (χ0v) is 10.5. The maximum atomic E-state index is 8.92. The van der Waals surface area contributed by atoms with E-state index in [1.807, 2.05) is 0 Å². The van der Waals surface area contributed by atoms with Crippen molar-refractivity contribution in [2.24, 2.45) is 16.7 Å². The normalized spacial score (nSPS) is 31.7. The molecule has 0 aromatic heterocycles. The van der Waals surface area contributed by atoms with Crippen molar-refractivity contribution in [3.05, 3.63) is 12.2 Å². The fourth-order valence-corrected chi connectivity index (χ4v) is 3.05. The standard InChI is InChI=1S/C14H23N/c1-5-7-12(8-11-15)14(4)10-6-9-13(14,2)3/h5,7,12H,6,8-10H2,1-4H3. The molecule has 15 heavy (non-hydrogen) atoms. The van der Waals surface area contributed by atoms with Crippen LogP contribution in [-0.2, 0) is 0 Å². The van der Waals surface area contributed by atoms with Gasteiger partial charge in [-0.25, -0.2) is 0 Å². The number of hydrogen-bond donors (Lipinski definition) is 0. The second kappa shape index (κ2) is 4.39. The molecule has 0 heterocycles. The fourth-order valence-electron chi connectivity index (χ4n) is 3.05. The van der Waals surface area contributed by atoms with Gasteiger partial charge in [-0.05, 0) is 36.5 Å². The van der Waals surface area contributed by atoms with Gasteiger partial charge in [-0.1, -0.05) is 39.3 Å². The van der Waals surface area contributed by atoms with Gasteiger partial charge in [0.2, 0.25) is 0 Å². The molecule has 0 aromatic rings. The van der Waals surface area contributed by atoms with Crippen molar-refractivity contribution in [1.82, 2.24) is 0 Å². The summed E-state index contributed by atoms with van der Waals surface area (Å²) in [6, 6.07) is 2.34. The van der Waals surface area contributed by atoms with Gasteiger partial charge in [0.1, 0.15) is 0 Å². The first-order valence-corrected chi connectivity index (χ1v) is 5.98. The van der Waals surface area contributed by atoms with Crippen LogP contribution in [0.1, 0.15) is 53.4 Å². The predicted molar refractivity (Wildman–Crippen MR) is 64.3 cm³/mol. The third-order valence-corrected chi connectivity index (χ3v) is 4.60. The summed E-state index contributed by atoms with van der Waals surface area (Å²) in [5.74, 6) is 0.421. The number of rotatable bonds is 3. The maximum Gasteiger partial charge on any atom is 0.0628 e. The second-order valence-corrected chi connectivity index (χ2v) is 5.65. The molecule has 1 rings (SSSR count). The lowest BCUT2D eigenvalue weighted by atomic mass is 9.61. The third kappa shape index (κ3) is 2.09. The van der Waals surface area contributed by atoms with Gasteiger partial charge in [0.05, 0.1) is 6.07 Å². The van der Waals surface area contributed by atoms with E-state index in [4.69, 9.17) is 5.26 Å². The Morgan fingerprint density at radius 2 is 2.00 bits per heavy atom. The Hall–Kier alpha value is -0.770. The van der Waals surface area contributed by atoms with E-state index in [1.165, 1.54) is 19.3 Å². The van der Waals surface area contributed by atoms with Gasteiger partial charge in [0, 0.05) is 6.42 Å². The molecular formula is C14H23N. The van der Waals surface area contributed by atoms with E-state index in [-0.39, 0.29) is 0 Å². The molecule has 1 fully saturated rings. The average molecular weight is 205 g/mol. The molecule has 1 nitrogen and oxygen atoms in total. The number of allylic oxidation sites excluding steroid dienone is 2. The van der Waals surface area contributed by atoms with Crippen molar-refractivity contribution in [3.8, 4) is 6.07 Å². The van der Waals surface area contributed by atoms with Gasteiger partial charge >= 0.3 is 0 Å². The number of nitrogens with zero attached hydrogens (tertiary/aromatic N) is 1. The quantitative estimate of drug-likeness (QED) is 0.630. The Labute approximate surface area is 94.2 Å². The molecule has 0 radical (unpaired) electrons. The SMILES string of the molecule is CC=CC(CC#N)C1(C)CCCC1(C)C. The zero-order chi connectivity index (χ0) is 11.5. The zero-order valence-electron chi connectivity index (χ0n) is 10.5. The molecule has 2 atom stereocenters. The molecule has 0 aliphatic heterocycles. The highest BCUT2D eigenvalue weighted by Gasteiger charge is 2.48. The maximum absolute atomic E-state index is 8.92. The van der Waals surface area contributed by atoms with Crippen LogP contribution >= 0.6 is 0 Å². The Bertz CT molecular complexity index is 282. The van der Waals surface area contributed by atoms with Crippen molar-refractivity contribution >= 4 is 0 Å². The molecule has 0 aromatic carbocycles. The molecule has 0 saturated heterocycles. The van der Waals surface area contributed by atoms with Gasteiger partial charge in [0.15, 0.2) is 0 Å². The lowest BCUT2D eigenvalue weighted by Gasteiger charge is -2.43. The predicted octanol–water partition coefficient (Wildman–Crippen LogP) is 4.31. The summed E-state index contributed by atoms with van der Waals surface area (Å²) in [6.07, 6.45) is 8.85. The van der Waals surface area contributed by atoms with Crippen LogP contribution in [0.2, 0.25) is 0 Å². The summed E-state index contributed by atoms with van der Waals surface area (Å²) in [7, 11) is 0. The summed E-state index contributed by atoms with van der Waals surface area (Å²) < 4.78 is 0. The van der Waals surface area contributed by atoms with Crippen LogP contribution in [0.4, 0.5) is 0 Å². The highest BCUT2D eigenvalue weighted by atomic mass is 14.5. The first kappa shape index (κ1) is 12.3. The lowest BCUT2D eigenvalue weighted by molar-refractivity contribution is 0.0804. The van der Waals surface area contributed by atoms with Crippen molar-refractivity contribution in [2.45, 2.75) is 53.4 Å². The molecule has 1 saturated carbocycles. The van der Waals surface area contributed by atoms with Crippen LogP contribution in [0.15, 0.2) is 12.2 Å². The molecule has 84 valence electrons. The molecule has 1 aliphatic carbocycles. The first-order chi connectivity index (χ1) is 6.98.